The second kappa shape index (κ2) is 7.90. The number of hydrogen-bond donors (Lipinski definition) is 1. The summed E-state index contributed by atoms with van der Waals surface area (Å²) in [6, 6.07) is 11.5. The largest absolute Gasteiger partial charge is 0.496 e. The fourth-order valence-electron chi connectivity index (χ4n) is 2.44. The van der Waals surface area contributed by atoms with Gasteiger partial charge in [-0.15, -0.1) is 11.3 Å². The molecule has 0 aliphatic carbocycles. The molecule has 0 spiro atoms. The lowest BCUT2D eigenvalue weighted by Gasteiger charge is -2.05. The van der Waals surface area contributed by atoms with Crippen molar-refractivity contribution in [3.63, 3.8) is 0 Å². The number of methoxy groups -OCH3 is 1. The van der Waals surface area contributed by atoms with Crippen LogP contribution in [0.1, 0.15) is 16.1 Å². The number of carbonyl (C=O) groups excluding carboxylic acids is 1. The van der Waals surface area contributed by atoms with E-state index in [0.29, 0.717) is 13.0 Å². The highest BCUT2D eigenvalue weighted by atomic mass is 32.1. The van der Waals surface area contributed by atoms with Crippen molar-refractivity contribution < 1.29 is 9.53 Å². The number of para-hydroxylation sites is 1. The summed E-state index contributed by atoms with van der Waals surface area (Å²) in [7, 11) is 1.65. The molecule has 0 aliphatic heterocycles. The Balaban J connectivity index is 1.69. The fourth-order valence-corrected chi connectivity index (χ4v) is 3.53. The Morgan fingerprint density at radius 1 is 1.20 bits per heavy atom. The number of benzene rings is 1. The third-order valence-corrected chi connectivity index (χ3v) is 4.98. The van der Waals surface area contributed by atoms with Crippen molar-refractivity contribution in [3.05, 3.63) is 64.9 Å². The monoisotopic (exact) mass is 353 g/mol. The summed E-state index contributed by atoms with van der Waals surface area (Å²) in [4.78, 5) is 21.8. The number of nitrogens with one attached hydrogen (secondary N) is 1. The standard InChI is InChI=1S/C19H19N3O2S/c1-13-17(11-18(23)21-12-14-7-9-20-10-8-14)25-19(22-13)15-5-3-4-6-16(15)24-2/h3-10H,11-12H2,1-2H3,(H,21,23). The molecule has 1 amide bonds. The van der Waals surface area contributed by atoms with Crippen LogP contribution in [0.25, 0.3) is 10.6 Å². The summed E-state index contributed by atoms with van der Waals surface area (Å²) < 4.78 is 5.40. The molecule has 0 radical (unpaired) electrons. The van der Waals surface area contributed by atoms with Crippen molar-refractivity contribution in [3.8, 4) is 16.3 Å². The Morgan fingerprint density at radius 2 is 1.96 bits per heavy atom. The van der Waals surface area contributed by atoms with Crippen molar-refractivity contribution in [2.45, 2.75) is 19.9 Å². The number of carbonyl (C=O) groups is 1. The van der Waals surface area contributed by atoms with Gasteiger partial charge in [-0.2, -0.15) is 0 Å². The number of aryl methyl sites for hydroxylation is 1. The Labute approximate surface area is 150 Å². The first-order valence-electron chi connectivity index (χ1n) is 7.92. The van der Waals surface area contributed by atoms with Crippen molar-refractivity contribution in [2.24, 2.45) is 0 Å². The summed E-state index contributed by atoms with van der Waals surface area (Å²) in [6.45, 7) is 2.43. The molecule has 3 aromatic rings. The van der Waals surface area contributed by atoms with Crippen LogP contribution in [0.3, 0.4) is 0 Å². The maximum Gasteiger partial charge on any atom is 0.225 e. The van der Waals surface area contributed by atoms with E-state index in [0.717, 1.165) is 32.5 Å². The lowest BCUT2D eigenvalue weighted by Crippen LogP contribution is -2.24. The van der Waals surface area contributed by atoms with E-state index in [4.69, 9.17) is 4.74 Å². The number of rotatable bonds is 6. The SMILES string of the molecule is COc1ccccc1-c1nc(C)c(CC(=O)NCc2ccncc2)s1. The Morgan fingerprint density at radius 3 is 2.72 bits per heavy atom. The molecule has 3 rings (SSSR count). The Hall–Kier alpha value is -2.73. The van der Waals surface area contributed by atoms with E-state index < -0.39 is 0 Å². The molecule has 0 fully saturated rings. The first-order valence-corrected chi connectivity index (χ1v) is 8.74. The highest BCUT2D eigenvalue weighted by Crippen LogP contribution is 2.34. The lowest BCUT2D eigenvalue weighted by atomic mass is 10.2. The van der Waals surface area contributed by atoms with Gasteiger partial charge in [0.25, 0.3) is 0 Å². The summed E-state index contributed by atoms with van der Waals surface area (Å²) in [6.07, 6.45) is 3.76. The normalized spacial score (nSPS) is 10.5. The maximum atomic E-state index is 12.2. The van der Waals surface area contributed by atoms with Gasteiger partial charge in [0.2, 0.25) is 5.91 Å². The van der Waals surface area contributed by atoms with Gasteiger partial charge in [-0.1, -0.05) is 12.1 Å². The van der Waals surface area contributed by atoms with Crippen LogP contribution < -0.4 is 10.1 Å². The van der Waals surface area contributed by atoms with Crippen LogP contribution in [0.2, 0.25) is 0 Å². The first-order chi connectivity index (χ1) is 12.2. The predicted molar refractivity (Wildman–Crippen MR) is 98.6 cm³/mol. The minimum atomic E-state index is -0.0184. The third kappa shape index (κ3) is 4.22. The topological polar surface area (TPSA) is 64.1 Å². The molecule has 128 valence electrons. The Kier molecular flexibility index (Phi) is 5.40. The number of aromatic nitrogens is 2. The average molecular weight is 353 g/mol. The van der Waals surface area contributed by atoms with Crippen LogP contribution >= 0.6 is 11.3 Å². The van der Waals surface area contributed by atoms with Crippen LogP contribution in [-0.4, -0.2) is 23.0 Å². The van der Waals surface area contributed by atoms with E-state index in [1.165, 1.54) is 11.3 Å². The number of pyridine rings is 1. The van der Waals surface area contributed by atoms with E-state index in [1.807, 2.05) is 43.3 Å². The molecular weight excluding hydrogens is 334 g/mol. The highest BCUT2D eigenvalue weighted by Gasteiger charge is 2.15. The van der Waals surface area contributed by atoms with Gasteiger partial charge in [0, 0.05) is 23.8 Å². The molecule has 2 aromatic heterocycles. The van der Waals surface area contributed by atoms with Crippen molar-refractivity contribution in [2.75, 3.05) is 7.11 Å². The first kappa shape index (κ1) is 17.1. The molecule has 0 bridgehead atoms. The molecule has 0 atom stereocenters. The summed E-state index contributed by atoms with van der Waals surface area (Å²) in [5, 5.41) is 3.80. The molecule has 5 nitrogen and oxygen atoms in total. The quantitative estimate of drug-likeness (QED) is 0.738. The molecule has 25 heavy (non-hydrogen) atoms. The van der Waals surface area contributed by atoms with Gasteiger partial charge in [0.1, 0.15) is 10.8 Å². The molecule has 2 heterocycles. The van der Waals surface area contributed by atoms with E-state index in [-0.39, 0.29) is 5.91 Å². The van der Waals surface area contributed by atoms with E-state index >= 15 is 0 Å². The van der Waals surface area contributed by atoms with Gasteiger partial charge in [-0.05, 0) is 36.8 Å². The predicted octanol–water partition coefficient (Wildman–Crippen LogP) is 3.38. The van der Waals surface area contributed by atoms with Gasteiger partial charge in [0.05, 0.1) is 24.8 Å². The summed E-state index contributed by atoms with van der Waals surface area (Å²) in [5.41, 5.74) is 2.85. The van der Waals surface area contributed by atoms with Gasteiger partial charge in [-0.3, -0.25) is 9.78 Å². The molecule has 1 N–H and O–H groups in total. The second-order valence-corrected chi connectivity index (χ2v) is 6.62. The molecule has 0 saturated heterocycles. The van der Waals surface area contributed by atoms with E-state index in [1.54, 1.807) is 19.5 Å². The average Bonchev–Trinajstić information content (AvgIpc) is 3.01. The molecule has 1 aromatic carbocycles. The van der Waals surface area contributed by atoms with Crippen LogP contribution in [0.4, 0.5) is 0 Å². The van der Waals surface area contributed by atoms with Crippen molar-refractivity contribution in [1.82, 2.24) is 15.3 Å². The minimum absolute atomic E-state index is 0.0184. The zero-order chi connectivity index (χ0) is 17.6. The van der Waals surface area contributed by atoms with Crippen LogP contribution in [0.5, 0.6) is 5.75 Å². The van der Waals surface area contributed by atoms with E-state index in [9.17, 15) is 4.79 Å². The zero-order valence-electron chi connectivity index (χ0n) is 14.2. The number of nitrogens with zero attached hydrogens (tertiary/aromatic N) is 2. The van der Waals surface area contributed by atoms with Gasteiger partial charge in [-0.25, -0.2) is 4.98 Å². The van der Waals surface area contributed by atoms with Gasteiger partial charge >= 0.3 is 0 Å². The third-order valence-electron chi connectivity index (χ3n) is 3.79. The van der Waals surface area contributed by atoms with Crippen LogP contribution in [0.15, 0.2) is 48.8 Å². The summed E-state index contributed by atoms with van der Waals surface area (Å²) in [5.74, 6) is 0.764. The fraction of sp³-hybridized carbons (Fsp3) is 0.211. The zero-order valence-corrected chi connectivity index (χ0v) is 15.0. The minimum Gasteiger partial charge on any atom is -0.496 e. The van der Waals surface area contributed by atoms with Gasteiger partial charge in [0.15, 0.2) is 0 Å². The lowest BCUT2D eigenvalue weighted by molar-refractivity contribution is -0.120. The van der Waals surface area contributed by atoms with E-state index in [2.05, 4.69) is 15.3 Å². The Bertz CT molecular complexity index is 862. The number of hydrogen-bond acceptors (Lipinski definition) is 5. The molecular formula is C19H19N3O2S. The highest BCUT2D eigenvalue weighted by molar-refractivity contribution is 7.15. The molecule has 0 unspecified atom stereocenters. The van der Waals surface area contributed by atoms with Crippen molar-refractivity contribution in [1.29, 1.82) is 0 Å². The second-order valence-electron chi connectivity index (χ2n) is 5.54. The molecule has 6 heteroatoms. The molecule has 0 aliphatic rings. The summed E-state index contributed by atoms with van der Waals surface area (Å²) >= 11 is 1.53. The number of thiazole rings is 1. The smallest absolute Gasteiger partial charge is 0.225 e. The van der Waals surface area contributed by atoms with Crippen molar-refractivity contribution >= 4 is 17.2 Å². The van der Waals surface area contributed by atoms with Gasteiger partial charge < -0.3 is 10.1 Å². The van der Waals surface area contributed by atoms with Crippen LogP contribution in [-0.2, 0) is 17.8 Å². The maximum absolute atomic E-state index is 12.2. The number of ether oxygens (including phenoxy) is 1. The number of amides is 1. The molecule has 0 saturated carbocycles. The van der Waals surface area contributed by atoms with Crippen LogP contribution in [0, 0.1) is 6.92 Å².